The van der Waals surface area contributed by atoms with Gasteiger partial charge in [0.2, 0.25) is 0 Å². The van der Waals surface area contributed by atoms with Crippen LogP contribution in [0.2, 0.25) is 0 Å². The minimum Gasteiger partial charge on any atom is -0.382 e. The van der Waals surface area contributed by atoms with Gasteiger partial charge in [-0.3, -0.25) is 4.99 Å². The summed E-state index contributed by atoms with van der Waals surface area (Å²) in [5.74, 6) is 0.953. The Kier molecular flexibility index (Phi) is 12.2. The third kappa shape index (κ3) is 8.58. The molecule has 0 saturated carbocycles. The maximum absolute atomic E-state index is 5.34. The summed E-state index contributed by atoms with van der Waals surface area (Å²) in [6.07, 6.45) is 0.959. The fourth-order valence-electron chi connectivity index (χ4n) is 2.01. The van der Waals surface area contributed by atoms with Crippen molar-refractivity contribution in [2.45, 2.75) is 33.7 Å². The van der Waals surface area contributed by atoms with Crippen LogP contribution in [0.15, 0.2) is 29.3 Å². The van der Waals surface area contributed by atoms with Crippen LogP contribution in [0, 0.1) is 6.92 Å². The lowest BCUT2D eigenvalue weighted by Crippen LogP contribution is -2.38. The molecule has 0 atom stereocenters. The van der Waals surface area contributed by atoms with Gasteiger partial charge in [-0.2, -0.15) is 0 Å². The molecule has 1 rings (SSSR count). The normalized spacial score (nSPS) is 11.0. The van der Waals surface area contributed by atoms with Crippen LogP contribution in [0.25, 0.3) is 0 Å². The van der Waals surface area contributed by atoms with Crippen LogP contribution in [0.3, 0.4) is 0 Å². The Morgan fingerprint density at radius 2 is 1.91 bits per heavy atom. The SMILES string of the molecule is CCNC(=NCCCOCC)N(C)Cc1ccc(C)cc1.I. The lowest BCUT2D eigenvalue weighted by atomic mass is 10.1. The van der Waals surface area contributed by atoms with E-state index in [9.17, 15) is 0 Å². The Labute approximate surface area is 152 Å². The van der Waals surface area contributed by atoms with Gasteiger partial charge in [0.25, 0.3) is 0 Å². The minimum atomic E-state index is 0. The molecular weight excluding hydrogens is 389 g/mol. The third-order valence-electron chi connectivity index (χ3n) is 3.15. The molecule has 0 spiro atoms. The smallest absolute Gasteiger partial charge is 0.193 e. The zero-order valence-corrected chi connectivity index (χ0v) is 16.6. The van der Waals surface area contributed by atoms with Crippen molar-refractivity contribution in [2.75, 3.05) is 33.4 Å². The second-order valence-corrected chi connectivity index (χ2v) is 5.13. The highest BCUT2D eigenvalue weighted by Gasteiger charge is 2.06. The summed E-state index contributed by atoms with van der Waals surface area (Å²) in [7, 11) is 2.07. The zero-order chi connectivity index (χ0) is 15.5. The molecule has 1 aromatic carbocycles. The Morgan fingerprint density at radius 3 is 2.50 bits per heavy atom. The summed E-state index contributed by atoms with van der Waals surface area (Å²) in [5, 5.41) is 3.34. The topological polar surface area (TPSA) is 36.9 Å². The van der Waals surface area contributed by atoms with Crippen LogP contribution in [0.5, 0.6) is 0 Å². The molecule has 126 valence electrons. The Bertz CT molecular complexity index is 420. The van der Waals surface area contributed by atoms with Crippen molar-refractivity contribution >= 4 is 29.9 Å². The van der Waals surface area contributed by atoms with Gasteiger partial charge in [0.05, 0.1) is 0 Å². The average Bonchev–Trinajstić information content (AvgIpc) is 2.48. The van der Waals surface area contributed by atoms with Crippen molar-refractivity contribution in [2.24, 2.45) is 4.99 Å². The Morgan fingerprint density at radius 1 is 1.23 bits per heavy atom. The van der Waals surface area contributed by atoms with E-state index < -0.39 is 0 Å². The van der Waals surface area contributed by atoms with Crippen molar-refractivity contribution in [1.82, 2.24) is 10.2 Å². The van der Waals surface area contributed by atoms with E-state index in [2.05, 4.69) is 60.4 Å². The molecular formula is C17H30IN3O. The van der Waals surface area contributed by atoms with E-state index in [1.807, 2.05) is 6.92 Å². The van der Waals surface area contributed by atoms with Crippen molar-refractivity contribution in [3.63, 3.8) is 0 Å². The predicted octanol–water partition coefficient (Wildman–Crippen LogP) is 3.44. The maximum atomic E-state index is 5.34. The van der Waals surface area contributed by atoms with E-state index >= 15 is 0 Å². The van der Waals surface area contributed by atoms with E-state index in [1.165, 1.54) is 11.1 Å². The molecule has 0 amide bonds. The van der Waals surface area contributed by atoms with Crippen LogP contribution in [-0.4, -0.2) is 44.2 Å². The second kappa shape index (κ2) is 12.7. The molecule has 0 unspecified atom stereocenters. The third-order valence-corrected chi connectivity index (χ3v) is 3.15. The molecule has 5 heteroatoms. The molecule has 22 heavy (non-hydrogen) atoms. The first kappa shape index (κ1) is 21.2. The van der Waals surface area contributed by atoms with Gasteiger partial charge in [-0.05, 0) is 32.8 Å². The number of rotatable bonds is 8. The predicted molar refractivity (Wildman–Crippen MR) is 105 cm³/mol. The maximum Gasteiger partial charge on any atom is 0.193 e. The van der Waals surface area contributed by atoms with E-state index in [0.717, 1.165) is 45.2 Å². The van der Waals surface area contributed by atoms with Crippen molar-refractivity contribution in [1.29, 1.82) is 0 Å². The quantitative estimate of drug-likeness (QED) is 0.304. The second-order valence-electron chi connectivity index (χ2n) is 5.13. The highest BCUT2D eigenvalue weighted by atomic mass is 127. The number of nitrogens with zero attached hydrogens (tertiary/aromatic N) is 2. The Hall–Kier alpha value is -0.820. The number of halogens is 1. The Balaban J connectivity index is 0.00000441. The summed E-state index contributed by atoms with van der Waals surface area (Å²) in [5.41, 5.74) is 2.58. The molecule has 0 saturated heterocycles. The van der Waals surface area contributed by atoms with Gasteiger partial charge in [0.1, 0.15) is 0 Å². The largest absolute Gasteiger partial charge is 0.382 e. The number of guanidine groups is 1. The van der Waals surface area contributed by atoms with E-state index in [-0.39, 0.29) is 24.0 Å². The summed E-state index contributed by atoms with van der Waals surface area (Å²) in [6, 6.07) is 8.64. The number of hydrogen-bond acceptors (Lipinski definition) is 2. The summed E-state index contributed by atoms with van der Waals surface area (Å²) < 4.78 is 5.34. The first-order valence-electron chi connectivity index (χ1n) is 7.80. The molecule has 1 aromatic rings. The van der Waals surface area contributed by atoms with Gasteiger partial charge in [0.15, 0.2) is 5.96 Å². The van der Waals surface area contributed by atoms with E-state index in [4.69, 9.17) is 4.74 Å². The molecule has 0 fully saturated rings. The number of nitrogens with one attached hydrogen (secondary N) is 1. The van der Waals surface area contributed by atoms with Crippen LogP contribution in [0.1, 0.15) is 31.4 Å². The lowest BCUT2D eigenvalue weighted by Gasteiger charge is -2.22. The van der Waals surface area contributed by atoms with E-state index in [0.29, 0.717) is 0 Å². The van der Waals surface area contributed by atoms with Crippen LogP contribution in [-0.2, 0) is 11.3 Å². The van der Waals surface area contributed by atoms with Gasteiger partial charge in [-0.15, -0.1) is 24.0 Å². The van der Waals surface area contributed by atoms with Gasteiger partial charge in [-0.1, -0.05) is 29.8 Å². The number of aliphatic imine (C=N–C) groups is 1. The summed E-state index contributed by atoms with van der Waals surface area (Å²) in [6.45, 7) is 10.3. The summed E-state index contributed by atoms with van der Waals surface area (Å²) in [4.78, 5) is 6.81. The molecule has 0 heterocycles. The fourth-order valence-corrected chi connectivity index (χ4v) is 2.01. The first-order chi connectivity index (χ1) is 10.2. The highest BCUT2D eigenvalue weighted by molar-refractivity contribution is 14.0. The van der Waals surface area contributed by atoms with Crippen LogP contribution >= 0.6 is 24.0 Å². The monoisotopic (exact) mass is 419 g/mol. The van der Waals surface area contributed by atoms with Gasteiger partial charge in [-0.25, -0.2) is 0 Å². The molecule has 0 aliphatic carbocycles. The van der Waals surface area contributed by atoms with Gasteiger partial charge < -0.3 is 15.0 Å². The molecule has 0 aliphatic rings. The van der Waals surface area contributed by atoms with E-state index in [1.54, 1.807) is 0 Å². The minimum absolute atomic E-state index is 0. The van der Waals surface area contributed by atoms with Crippen molar-refractivity contribution in [3.8, 4) is 0 Å². The zero-order valence-electron chi connectivity index (χ0n) is 14.3. The average molecular weight is 419 g/mol. The molecule has 1 N–H and O–H groups in total. The number of ether oxygens (including phenoxy) is 1. The molecule has 0 aliphatic heterocycles. The fraction of sp³-hybridized carbons (Fsp3) is 0.588. The summed E-state index contributed by atoms with van der Waals surface area (Å²) >= 11 is 0. The standard InChI is InChI=1S/C17H29N3O.HI/c1-5-18-17(19-12-7-13-21-6-2)20(4)14-16-10-8-15(3)9-11-16;/h8-11H,5-7,12-14H2,1-4H3,(H,18,19);1H. The van der Waals surface area contributed by atoms with Crippen LogP contribution in [0.4, 0.5) is 0 Å². The van der Waals surface area contributed by atoms with Gasteiger partial charge >= 0.3 is 0 Å². The van der Waals surface area contributed by atoms with Crippen molar-refractivity contribution in [3.05, 3.63) is 35.4 Å². The van der Waals surface area contributed by atoms with Crippen molar-refractivity contribution < 1.29 is 4.74 Å². The number of benzene rings is 1. The lowest BCUT2D eigenvalue weighted by molar-refractivity contribution is 0.146. The molecule has 0 aromatic heterocycles. The highest BCUT2D eigenvalue weighted by Crippen LogP contribution is 2.06. The molecule has 0 bridgehead atoms. The number of hydrogen-bond donors (Lipinski definition) is 1. The van der Waals surface area contributed by atoms with Crippen LogP contribution < -0.4 is 5.32 Å². The van der Waals surface area contributed by atoms with Gasteiger partial charge in [0, 0.05) is 39.9 Å². The molecule has 4 nitrogen and oxygen atoms in total. The number of aryl methyl sites for hydroxylation is 1. The molecule has 0 radical (unpaired) electrons. The first-order valence-corrected chi connectivity index (χ1v) is 7.80.